The van der Waals surface area contributed by atoms with E-state index in [2.05, 4.69) is 15.9 Å². The second-order valence-corrected chi connectivity index (χ2v) is 5.52. The lowest BCUT2D eigenvalue weighted by Crippen LogP contribution is -2.08. The molecular weight excluding hydrogens is 347 g/mol. The van der Waals surface area contributed by atoms with Crippen molar-refractivity contribution in [3.63, 3.8) is 0 Å². The molecule has 0 aliphatic rings. The number of nitrogen functional groups attached to an aromatic ring is 1. The van der Waals surface area contributed by atoms with Crippen LogP contribution < -0.4 is 10.5 Å². The van der Waals surface area contributed by atoms with Gasteiger partial charge in [0.05, 0.1) is 0 Å². The molecule has 21 heavy (non-hydrogen) atoms. The van der Waals surface area contributed by atoms with Crippen molar-refractivity contribution in [3.05, 3.63) is 51.5 Å². The van der Waals surface area contributed by atoms with E-state index in [1.807, 2.05) is 13.8 Å². The van der Waals surface area contributed by atoms with E-state index in [1.165, 1.54) is 12.1 Å². The molecule has 0 amide bonds. The van der Waals surface area contributed by atoms with Crippen molar-refractivity contribution in [3.8, 4) is 11.5 Å². The number of ether oxygens (including phenoxy) is 1. The van der Waals surface area contributed by atoms with Crippen LogP contribution in [0, 0.1) is 13.8 Å². The maximum absolute atomic E-state index is 13.0. The van der Waals surface area contributed by atoms with Crippen molar-refractivity contribution in [2.45, 2.75) is 20.0 Å². The average molecular weight is 360 g/mol. The molecule has 0 saturated carbocycles. The Labute approximate surface area is 128 Å². The molecule has 0 radical (unpaired) electrons. The lowest BCUT2D eigenvalue weighted by molar-refractivity contribution is -0.138. The van der Waals surface area contributed by atoms with Gasteiger partial charge < -0.3 is 10.5 Å². The van der Waals surface area contributed by atoms with Crippen LogP contribution in [0.5, 0.6) is 11.5 Å². The van der Waals surface area contributed by atoms with Gasteiger partial charge in [0.25, 0.3) is 0 Å². The topological polar surface area (TPSA) is 35.2 Å². The molecule has 0 spiro atoms. The van der Waals surface area contributed by atoms with Gasteiger partial charge in [-0.2, -0.15) is 13.2 Å². The van der Waals surface area contributed by atoms with Gasteiger partial charge in [0, 0.05) is 10.2 Å². The summed E-state index contributed by atoms with van der Waals surface area (Å²) < 4.78 is 45.3. The van der Waals surface area contributed by atoms with Crippen LogP contribution in [0.3, 0.4) is 0 Å². The van der Waals surface area contributed by atoms with E-state index in [-0.39, 0.29) is 11.4 Å². The van der Waals surface area contributed by atoms with Gasteiger partial charge in [-0.25, -0.2) is 0 Å². The quantitative estimate of drug-likeness (QED) is 0.722. The molecular formula is C15H13BrF3NO. The Morgan fingerprint density at radius 1 is 1.05 bits per heavy atom. The van der Waals surface area contributed by atoms with Gasteiger partial charge in [-0.05, 0) is 55.3 Å². The van der Waals surface area contributed by atoms with Gasteiger partial charge in [0.15, 0.2) is 0 Å². The molecule has 0 saturated heterocycles. The Hall–Kier alpha value is -1.69. The van der Waals surface area contributed by atoms with Crippen molar-refractivity contribution in [1.29, 1.82) is 0 Å². The Kier molecular flexibility index (Phi) is 4.18. The van der Waals surface area contributed by atoms with Crippen LogP contribution in [-0.2, 0) is 6.18 Å². The highest BCUT2D eigenvalue weighted by Crippen LogP contribution is 2.40. The highest BCUT2D eigenvalue weighted by molar-refractivity contribution is 9.10. The maximum atomic E-state index is 13.0. The number of anilines is 1. The molecule has 2 N–H and O–H groups in total. The van der Waals surface area contributed by atoms with Gasteiger partial charge in [0.1, 0.15) is 17.1 Å². The summed E-state index contributed by atoms with van der Waals surface area (Å²) in [6.07, 6.45) is -4.52. The number of halogens is 4. The van der Waals surface area contributed by atoms with Crippen LogP contribution in [0.1, 0.15) is 16.7 Å². The van der Waals surface area contributed by atoms with Crippen LogP contribution in [0.25, 0.3) is 0 Å². The van der Waals surface area contributed by atoms with E-state index < -0.39 is 11.7 Å². The van der Waals surface area contributed by atoms with Gasteiger partial charge in [-0.15, -0.1) is 0 Å². The Bertz CT molecular complexity index is 660. The minimum atomic E-state index is -4.52. The van der Waals surface area contributed by atoms with Crippen LogP contribution in [0.15, 0.2) is 34.8 Å². The number of benzene rings is 2. The zero-order valence-electron chi connectivity index (χ0n) is 11.4. The molecule has 112 valence electrons. The highest BCUT2D eigenvalue weighted by Gasteiger charge is 2.34. The third-order valence-corrected chi connectivity index (χ3v) is 4.20. The predicted molar refractivity (Wildman–Crippen MR) is 79.5 cm³/mol. The van der Waals surface area contributed by atoms with E-state index in [0.717, 1.165) is 21.7 Å². The van der Waals surface area contributed by atoms with Gasteiger partial charge in [0.2, 0.25) is 0 Å². The number of aryl methyl sites for hydroxylation is 2. The molecule has 2 aromatic carbocycles. The van der Waals surface area contributed by atoms with E-state index in [9.17, 15) is 13.2 Å². The number of hydrogen-bond acceptors (Lipinski definition) is 2. The number of rotatable bonds is 2. The van der Waals surface area contributed by atoms with Gasteiger partial charge >= 0.3 is 6.18 Å². The predicted octanol–water partition coefficient (Wildman–Crippen LogP) is 5.46. The van der Waals surface area contributed by atoms with Crippen molar-refractivity contribution < 1.29 is 17.9 Å². The first-order valence-electron chi connectivity index (χ1n) is 6.10. The molecule has 0 heterocycles. The summed E-state index contributed by atoms with van der Waals surface area (Å²) in [6, 6.07) is 6.82. The Morgan fingerprint density at radius 2 is 1.62 bits per heavy atom. The Balaban J connectivity index is 2.45. The monoisotopic (exact) mass is 359 g/mol. The molecule has 6 heteroatoms. The first-order chi connectivity index (χ1) is 9.68. The van der Waals surface area contributed by atoms with Crippen molar-refractivity contribution >= 4 is 21.6 Å². The summed E-state index contributed by atoms with van der Waals surface area (Å²) in [5.41, 5.74) is 6.34. The van der Waals surface area contributed by atoms with Crippen LogP contribution in [-0.4, -0.2) is 0 Å². The fourth-order valence-electron chi connectivity index (χ4n) is 1.95. The molecule has 0 aliphatic carbocycles. The van der Waals surface area contributed by atoms with Crippen LogP contribution >= 0.6 is 15.9 Å². The van der Waals surface area contributed by atoms with Crippen molar-refractivity contribution in [1.82, 2.24) is 0 Å². The molecule has 0 aliphatic heterocycles. The normalized spacial score (nSPS) is 11.5. The summed E-state index contributed by atoms with van der Waals surface area (Å²) in [7, 11) is 0. The standard InChI is InChI=1S/C15H13BrF3NO/c1-8-5-11(6-9(2)14(8)16)21-13-4-3-10(20)7-12(13)15(17,18)19/h3-7H,20H2,1-2H3. The van der Waals surface area contributed by atoms with Crippen LogP contribution in [0.4, 0.5) is 18.9 Å². The lowest BCUT2D eigenvalue weighted by atomic mass is 10.1. The van der Waals surface area contributed by atoms with Gasteiger partial charge in [-0.1, -0.05) is 15.9 Å². The smallest absolute Gasteiger partial charge is 0.420 e. The minimum absolute atomic E-state index is 0.0397. The van der Waals surface area contributed by atoms with E-state index in [0.29, 0.717) is 5.75 Å². The summed E-state index contributed by atoms with van der Waals surface area (Å²) in [5.74, 6) is 0.0845. The number of alkyl halides is 3. The Morgan fingerprint density at radius 3 is 2.14 bits per heavy atom. The second kappa shape index (κ2) is 5.60. The zero-order chi connectivity index (χ0) is 15.8. The number of hydrogen-bond donors (Lipinski definition) is 1. The fourth-order valence-corrected chi connectivity index (χ4v) is 2.18. The molecule has 0 bridgehead atoms. The molecule has 0 aromatic heterocycles. The molecule has 0 atom stereocenters. The molecule has 0 unspecified atom stereocenters. The molecule has 2 nitrogen and oxygen atoms in total. The minimum Gasteiger partial charge on any atom is -0.457 e. The highest BCUT2D eigenvalue weighted by atomic mass is 79.9. The zero-order valence-corrected chi connectivity index (χ0v) is 13.0. The van der Waals surface area contributed by atoms with Gasteiger partial charge in [-0.3, -0.25) is 0 Å². The summed E-state index contributed by atoms with van der Waals surface area (Å²) in [6.45, 7) is 3.69. The third kappa shape index (κ3) is 3.50. The average Bonchev–Trinajstić information content (AvgIpc) is 2.37. The third-order valence-electron chi connectivity index (χ3n) is 2.95. The van der Waals surface area contributed by atoms with Crippen molar-refractivity contribution in [2.75, 3.05) is 5.73 Å². The maximum Gasteiger partial charge on any atom is 0.420 e. The van der Waals surface area contributed by atoms with Crippen LogP contribution in [0.2, 0.25) is 0 Å². The summed E-state index contributed by atoms with van der Waals surface area (Å²) in [4.78, 5) is 0. The molecule has 2 rings (SSSR count). The second-order valence-electron chi connectivity index (χ2n) is 4.73. The lowest BCUT2D eigenvalue weighted by Gasteiger charge is -2.15. The van der Waals surface area contributed by atoms with E-state index in [1.54, 1.807) is 12.1 Å². The van der Waals surface area contributed by atoms with E-state index >= 15 is 0 Å². The van der Waals surface area contributed by atoms with E-state index in [4.69, 9.17) is 10.5 Å². The largest absolute Gasteiger partial charge is 0.457 e. The summed E-state index contributed by atoms with van der Waals surface area (Å²) in [5, 5.41) is 0. The molecule has 2 aromatic rings. The SMILES string of the molecule is Cc1cc(Oc2ccc(N)cc2C(F)(F)F)cc(C)c1Br. The van der Waals surface area contributed by atoms with Crippen molar-refractivity contribution in [2.24, 2.45) is 0 Å². The fraction of sp³-hybridized carbons (Fsp3) is 0.200. The molecule has 0 fully saturated rings. The summed E-state index contributed by atoms with van der Waals surface area (Å²) >= 11 is 3.40. The first kappa shape index (κ1) is 15.7. The number of nitrogens with two attached hydrogens (primary N) is 1. The first-order valence-corrected chi connectivity index (χ1v) is 6.89.